The van der Waals surface area contributed by atoms with Crippen LogP contribution in [0.3, 0.4) is 0 Å². The van der Waals surface area contributed by atoms with E-state index in [1.807, 2.05) is 11.6 Å². The maximum Gasteiger partial charge on any atom is 0.147 e. The lowest BCUT2D eigenvalue weighted by atomic mass is 10.4. The highest BCUT2D eigenvalue weighted by Gasteiger charge is 2.05. The lowest BCUT2D eigenvalue weighted by Gasteiger charge is -2.00. The second-order valence-electron chi connectivity index (χ2n) is 3.56. The van der Waals surface area contributed by atoms with E-state index in [4.69, 9.17) is 4.74 Å². The van der Waals surface area contributed by atoms with Gasteiger partial charge < -0.3 is 15.0 Å². The number of aromatic nitrogens is 2. The summed E-state index contributed by atoms with van der Waals surface area (Å²) >= 11 is 5.10. The second-order valence-corrected chi connectivity index (χ2v) is 5.38. The van der Waals surface area contributed by atoms with Crippen LogP contribution in [0.5, 0.6) is 0 Å². The minimum atomic E-state index is 0.721. The van der Waals surface area contributed by atoms with E-state index in [1.165, 1.54) is 0 Å². The monoisotopic (exact) mass is 315 g/mol. The highest BCUT2D eigenvalue weighted by molar-refractivity contribution is 9.10. The summed E-state index contributed by atoms with van der Waals surface area (Å²) in [5.74, 6) is 0.921. The zero-order valence-electron chi connectivity index (χ0n) is 9.50. The van der Waals surface area contributed by atoms with Crippen molar-refractivity contribution in [3.8, 4) is 10.7 Å². The van der Waals surface area contributed by atoms with E-state index in [0.29, 0.717) is 0 Å². The van der Waals surface area contributed by atoms with E-state index in [-0.39, 0.29) is 0 Å². The number of nitrogens with one attached hydrogen (secondary N) is 2. The van der Waals surface area contributed by atoms with Gasteiger partial charge in [0.15, 0.2) is 0 Å². The molecule has 0 bridgehead atoms. The second kappa shape index (κ2) is 6.30. The molecule has 92 valence electrons. The lowest BCUT2D eigenvalue weighted by molar-refractivity contribution is 0.199. The van der Waals surface area contributed by atoms with Gasteiger partial charge in [-0.25, -0.2) is 4.98 Å². The number of aromatic amines is 1. The van der Waals surface area contributed by atoms with Crippen LogP contribution < -0.4 is 5.32 Å². The third-order valence-corrected chi connectivity index (χ3v) is 3.93. The van der Waals surface area contributed by atoms with Crippen LogP contribution >= 0.6 is 27.3 Å². The Morgan fingerprint density at radius 2 is 2.47 bits per heavy atom. The molecule has 2 rings (SSSR count). The number of imidazole rings is 1. The van der Waals surface area contributed by atoms with E-state index in [2.05, 4.69) is 37.3 Å². The molecule has 0 saturated carbocycles. The fraction of sp³-hybridized carbons (Fsp3) is 0.364. The lowest BCUT2D eigenvalue weighted by Crippen LogP contribution is -2.18. The highest BCUT2D eigenvalue weighted by Crippen LogP contribution is 2.27. The van der Waals surface area contributed by atoms with Crippen molar-refractivity contribution in [3.63, 3.8) is 0 Å². The van der Waals surface area contributed by atoms with Gasteiger partial charge in [-0.1, -0.05) is 0 Å². The summed E-state index contributed by atoms with van der Waals surface area (Å²) in [5.41, 5.74) is 1.08. The number of nitrogens with zero attached hydrogens (tertiary/aromatic N) is 1. The smallest absolute Gasteiger partial charge is 0.147 e. The number of hydrogen-bond donors (Lipinski definition) is 2. The molecule has 0 spiro atoms. The summed E-state index contributed by atoms with van der Waals surface area (Å²) in [6.07, 6.45) is 1.86. The predicted molar refractivity (Wildman–Crippen MR) is 73.2 cm³/mol. The Balaban J connectivity index is 1.92. The molecular weight excluding hydrogens is 302 g/mol. The average Bonchev–Trinajstić information content (AvgIpc) is 2.93. The fourth-order valence-corrected chi connectivity index (χ4v) is 2.79. The SMILES string of the molecule is COCCNCc1cnc(-c2cc(Br)cs2)[nH]1. The van der Waals surface area contributed by atoms with Crippen LogP contribution in [0.15, 0.2) is 22.1 Å². The molecule has 0 atom stereocenters. The Hall–Kier alpha value is -0.690. The number of halogens is 1. The molecular formula is C11H14BrN3OS. The van der Waals surface area contributed by atoms with Gasteiger partial charge in [-0.3, -0.25) is 0 Å². The summed E-state index contributed by atoms with van der Waals surface area (Å²) < 4.78 is 6.06. The molecule has 2 aromatic heterocycles. The Morgan fingerprint density at radius 3 is 3.18 bits per heavy atom. The zero-order chi connectivity index (χ0) is 12.1. The van der Waals surface area contributed by atoms with Crippen LogP contribution in [0.1, 0.15) is 5.69 Å². The third-order valence-electron chi connectivity index (χ3n) is 2.23. The van der Waals surface area contributed by atoms with Gasteiger partial charge >= 0.3 is 0 Å². The van der Waals surface area contributed by atoms with E-state index < -0.39 is 0 Å². The minimum absolute atomic E-state index is 0.721. The number of hydrogen-bond acceptors (Lipinski definition) is 4. The number of thiophene rings is 1. The summed E-state index contributed by atoms with van der Waals surface area (Å²) in [5, 5.41) is 5.32. The fourth-order valence-electron chi connectivity index (χ4n) is 1.41. The number of ether oxygens (including phenoxy) is 1. The van der Waals surface area contributed by atoms with Crippen molar-refractivity contribution in [2.75, 3.05) is 20.3 Å². The molecule has 0 radical (unpaired) electrons. The van der Waals surface area contributed by atoms with Crippen molar-refractivity contribution in [1.82, 2.24) is 15.3 Å². The first-order valence-electron chi connectivity index (χ1n) is 5.27. The molecule has 0 aromatic carbocycles. The van der Waals surface area contributed by atoms with Crippen LogP contribution in [-0.2, 0) is 11.3 Å². The molecule has 17 heavy (non-hydrogen) atoms. The average molecular weight is 316 g/mol. The third kappa shape index (κ3) is 3.64. The normalized spacial score (nSPS) is 10.9. The zero-order valence-corrected chi connectivity index (χ0v) is 11.9. The van der Waals surface area contributed by atoms with Crippen LogP contribution in [0.2, 0.25) is 0 Å². The molecule has 4 nitrogen and oxygen atoms in total. The summed E-state index contributed by atoms with van der Waals surface area (Å²) in [7, 11) is 1.70. The van der Waals surface area contributed by atoms with Crippen LogP contribution in [0.4, 0.5) is 0 Å². The molecule has 0 aliphatic heterocycles. The maximum absolute atomic E-state index is 4.97. The Morgan fingerprint density at radius 1 is 1.59 bits per heavy atom. The van der Waals surface area contributed by atoms with Crippen molar-refractivity contribution < 1.29 is 4.74 Å². The first kappa shape index (κ1) is 12.8. The van der Waals surface area contributed by atoms with Gasteiger partial charge in [-0.2, -0.15) is 0 Å². The standard InChI is InChI=1S/C11H14BrN3OS/c1-16-3-2-13-5-9-6-14-11(15-9)10-4-8(12)7-17-10/h4,6-7,13H,2-3,5H2,1H3,(H,14,15). The largest absolute Gasteiger partial charge is 0.383 e. The van der Waals surface area contributed by atoms with Gasteiger partial charge in [0.1, 0.15) is 5.82 Å². The Kier molecular flexibility index (Phi) is 4.73. The Bertz CT molecular complexity index is 469. The number of rotatable bonds is 6. The molecule has 0 fully saturated rings. The molecule has 2 N–H and O–H groups in total. The number of H-pyrrole nitrogens is 1. The van der Waals surface area contributed by atoms with Gasteiger partial charge in [-0.05, 0) is 22.0 Å². The van der Waals surface area contributed by atoms with Crippen molar-refractivity contribution in [3.05, 3.63) is 27.8 Å². The summed E-state index contributed by atoms with van der Waals surface area (Å²) in [6, 6.07) is 2.06. The maximum atomic E-state index is 4.97. The van der Waals surface area contributed by atoms with Gasteiger partial charge in [-0.15, -0.1) is 11.3 Å². The van der Waals surface area contributed by atoms with Crippen molar-refractivity contribution in [2.45, 2.75) is 6.54 Å². The molecule has 0 amide bonds. The van der Waals surface area contributed by atoms with Gasteiger partial charge in [0.05, 0.1) is 11.5 Å². The first-order valence-corrected chi connectivity index (χ1v) is 6.95. The summed E-state index contributed by atoms with van der Waals surface area (Å²) in [4.78, 5) is 8.80. The van der Waals surface area contributed by atoms with E-state index in [1.54, 1.807) is 18.4 Å². The van der Waals surface area contributed by atoms with Gasteiger partial charge in [0.25, 0.3) is 0 Å². The molecule has 6 heteroatoms. The molecule has 2 heterocycles. The highest BCUT2D eigenvalue weighted by atomic mass is 79.9. The van der Waals surface area contributed by atoms with Crippen molar-refractivity contribution in [1.29, 1.82) is 0 Å². The quantitative estimate of drug-likeness (QED) is 0.806. The van der Waals surface area contributed by atoms with E-state index in [0.717, 1.165) is 40.6 Å². The Labute approximate surface area is 113 Å². The van der Waals surface area contributed by atoms with Crippen molar-refractivity contribution >= 4 is 27.3 Å². The van der Waals surface area contributed by atoms with Crippen LogP contribution in [-0.4, -0.2) is 30.2 Å². The van der Waals surface area contributed by atoms with Crippen molar-refractivity contribution in [2.24, 2.45) is 0 Å². The van der Waals surface area contributed by atoms with Crippen LogP contribution in [0.25, 0.3) is 10.7 Å². The van der Waals surface area contributed by atoms with Gasteiger partial charge in [0, 0.05) is 41.9 Å². The molecule has 0 unspecified atom stereocenters. The molecule has 0 saturated heterocycles. The molecule has 0 aliphatic rings. The topological polar surface area (TPSA) is 49.9 Å². The molecule has 0 aliphatic carbocycles. The minimum Gasteiger partial charge on any atom is -0.383 e. The van der Waals surface area contributed by atoms with Gasteiger partial charge in [0.2, 0.25) is 0 Å². The number of methoxy groups -OCH3 is 1. The van der Waals surface area contributed by atoms with Crippen LogP contribution in [0, 0.1) is 0 Å². The summed E-state index contributed by atoms with van der Waals surface area (Å²) in [6.45, 7) is 2.34. The predicted octanol–water partition coefficient (Wildman–Crippen LogP) is 2.64. The first-order chi connectivity index (χ1) is 8.29. The molecule has 2 aromatic rings. The van der Waals surface area contributed by atoms with E-state index in [9.17, 15) is 0 Å². The van der Waals surface area contributed by atoms with E-state index >= 15 is 0 Å².